The van der Waals surface area contributed by atoms with Crippen LogP contribution in [-0.2, 0) is 19.4 Å². The minimum absolute atomic E-state index is 0.120. The van der Waals surface area contributed by atoms with Crippen LogP contribution in [0, 0.1) is 6.92 Å². The van der Waals surface area contributed by atoms with Crippen molar-refractivity contribution in [2.75, 3.05) is 0 Å². The second-order valence-electron chi connectivity index (χ2n) is 5.12. The maximum atomic E-state index is 11.9. The molecule has 0 radical (unpaired) electrons. The van der Waals surface area contributed by atoms with E-state index in [1.165, 1.54) is 11.1 Å². The van der Waals surface area contributed by atoms with E-state index in [1.54, 1.807) is 6.92 Å². The van der Waals surface area contributed by atoms with Crippen molar-refractivity contribution in [2.24, 2.45) is 0 Å². The number of rotatable bonds is 5. The van der Waals surface area contributed by atoms with Crippen LogP contribution in [0.5, 0.6) is 0 Å². The van der Waals surface area contributed by atoms with Crippen LogP contribution >= 0.6 is 0 Å². The van der Waals surface area contributed by atoms with E-state index in [0.717, 1.165) is 36.3 Å². The highest BCUT2D eigenvalue weighted by Gasteiger charge is 2.19. The Bertz CT molecular complexity index is 626. The van der Waals surface area contributed by atoms with Crippen LogP contribution in [0.15, 0.2) is 24.3 Å². The summed E-state index contributed by atoms with van der Waals surface area (Å²) in [5, 5.41) is 4.65. The lowest BCUT2D eigenvalue weighted by Gasteiger charge is -2.09. The summed E-state index contributed by atoms with van der Waals surface area (Å²) in [5.41, 5.74) is 5.30. The zero-order chi connectivity index (χ0) is 14.7. The third-order valence-corrected chi connectivity index (χ3v) is 3.73. The van der Waals surface area contributed by atoms with Crippen LogP contribution < -0.4 is 0 Å². The van der Waals surface area contributed by atoms with Gasteiger partial charge in [-0.1, -0.05) is 38.1 Å². The number of carbonyl (C=O) groups excluding carboxylic acids is 1. The van der Waals surface area contributed by atoms with Crippen molar-refractivity contribution in [1.82, 2.24) is 9.78 Å². The quantitative estimate of drug-likeness (QED) is 0.778. The van der Waals surface area contributed by atoms with Gasteiger partial charge in [-0.3, -0.25) is 9.48 Å². The van der Waals surface area contributed by atoms with Gasteiger partial charge in [0.2, 0.25) is 0 Å². The van der Waals surface area contributed by atoms with Gasteiger partial charge in [-0.05, 0) is 37.8 Å². The van der Waals surface area contributed by atoms with Gasteiger partial charge in [0.25, 0.3) is 0 Å². The van der Waals surface area contributed by atoms with Gasteiger partial charge < -0.3 is 0 Å². The third-order valence-electron chi connectivity index (χ3n) is 3.73. The lowest BCUT2D eigenvalue weighted by Crippen LogP contribution is -2.08. The summed E-state index contributed by atoms with van der Waals surface area (Å²) in [4.78, 5) is 11.9. The number of aromatic nitrogens is 2. The molecule has 0 aliphatic carbocycles. The number of carbonyl (C=O) groups is 1. The first-order chi connectivity index (χ1) is 9.58. The zero-order valence-electron chi connectivity index (χ0n) is 12.7. The predicted molar refractivity (Wildman–Crippen MR) is 81.3 cm³/mol. The van der Waals surface area contributed by atoms with Crippen molar-refractivity contribution in [3.63, 3.8) is 0 Å². The largest absolute Gasteiger partial charge is 0.294 e. The van der Waals surface area contributed by atoms with Gasteiger partial charge >= 0.3 is 0 Å². The summed E-state index contributed by atoms with van der Waals surface area (Å²) in [6.45, 7) is 8.60. The van der Waals surface area contributed by atoms with E-state index in [0.29, 0.717) is 0 Å². The van der Waals surface area contributed by atoms with Gasteiger partial charge in [-0.15, -0.1) is 0 Å². The average molecular weight is 270 g/mol. The number of Topliss-reactive ketones (excluding diaryl/α,β-unsaturated/α-hetero) is 1. The molecule has 20 heavy (non-hydrogen) atoms. The van der Waals surface area contributed by atoms with E-state index < -0.39 is 0 Å². The summed E-state index contributed by atoms with van der Waals surface area (Å²) < 4.78 is 2.00. The van der Waals surface area contributed by atoms with Gasteiger partial charge in [0.15, 0.2) is 5.78 Å². The molecule has 0 aliphatic rings. The van der Waals surface area contributed by atoms with Crippen LogP contribution in [0.3, 0.4) is 0 Å². The van der Waals surface area contributed by atoms with Crippen LogP contribution in [-0.4, -0.2) is 15.6 Å². The highest BCUT2D eigenvalue weighted by Crippen LogP contribution is 2.19. The van der Waals surface area contributed by atoms with E-state index in [4.69, 9.17) is 0 Å². The zero-order valence-corrected chi connectivity index (χ0v) is 12.7. The number of hydrogen-bond acceptors (Lipinski definition) is 2. The second kappa shape index (κ2) is 6.04. The van der Waals surface area contributed by atoms with E-state index in [2.05, 4.69) is 31.1 Å². The molecule has 3 nitrogen and oxygen atoms in total. The van der Waals surface area contributed by atoms with Crippen molar-refractivity contribution in [3.05, 3.63) is 52.3 Å². The molecule has 106 valence electrons. The number of nitrogens with zero attached hydrogens (tertiary/aromatic N) is 2. The minimum Gasteiger partial charge on any atom is -0.294 e. The number of ketones is 1. The van der Waals surface area contributed by atoms with E-state index in [9.17, 15) is 4.79 Å². The van der Waals surface area contributed by atoms with Gasteiger partial charge in [0.1, 0.15) is 0 Å². The lowest BCUT2D eigenvalue weighted by atomic mass is 10.1. The SMILES string of the molecule is CCc1nn(Cc2ccccc2C)c(CC)c1C(C)=O. The van der Waals surface area contributed by atoms with Crippen molar-refractivity contribution in [3.8, 4) is 0 Å². The van der Waals surface area contributed by atoms with E-state index in [1.807, 2.05) is 23.7 Å². The minimum atomic E-state index is 0.120. The Kier molecular flexibility index (Phi) is 4.38. The first kappa shape index (κ1) is 14.5. The maximum Gasteiger partial charge on any atom is 0.163 e. The molecule has 0 unspecified atom stereocenters. The molecular weight excluding hydrogens is 248 g/mol. The normalized spacial score (nSPS) is 10.8. The Morgan fingerprint density at radius 3 is 2.45 bits per heavy atom. The molecule has 0 amide bonds. The fourth-order valence-electron chi connectivity index (χ4n) is 2.64. The highest BCUT2D eigenvalue weighted by atomic mass is 16.1. The molecule has 2 aromatic rings. The Balaban J connectivity index is 2.47. The molecule has 3 heteroatoms. The predicted octanol–water partition coefficient (Wildman–Crippen LogP) is 3.57. The summed E-state index contributed by atoms with van der Waals surface area (Å²) in [6.07, 6.45) is 1.62. The topological polar surface area (TPSA) is 34.9 Å². The van der Waals surface area contributed by atoms with Crippen molar-refractivity contribution >= 4 is 5.78 Å². The molecule has 0 saturated carbocycles. The molecule has 0 N–H and O–H groups in total. The van der Waals surface area contributed by atoms with Crippen LogP contribution in [0.4, 0.5) is 0 Å². The molecule has 0 fully saturated rings. The Morgan fingerprint density at radius 1 is 1.20 bits per heavy atom. The molecule has 0 atom stereocenters. The molecule has 0 saturated heterocycles. The average Bonchev–Trinajstić information content (AvgIpc) is 2.79. The second-order valence-corrected chi connectivity index (χ2v) is 5.12. The first-order valence-corrected chi connectivity index (χ1v) is 7.22. The first-order valence-electron chi connectivity index (χ1n) is 7.22. The molecule has 2 rings (SSSR count). The maximum absolute atomic E-state index is 11.9. The Hall–Kier alpha value is -1.90. The number of benzene rings is 1. The summed E-state index contributed by atoms with van der Waals surface area (Å²) in [5.74, 6) is 0.120. The van der Waals surface area contributed by atoms with Crippen molar-refractivity contribution < 1.29 is 4.79 Å². The van der Waals surface area contributed by atoms with Gasteiger partial charge in [-0.2, -0.15) is 5.10 Å². The molecule has 0 aliphatic heterocycles. The highest BCUT2D eigenvalue weighted by molar-refractivity contribution is 5.96. The number of hydrogen-bond donors (Lipinski definition) is 0. The monoisotopic (exact) mass is 270 g/mol. The third kappa shape index (κ3) is 2.67. The molecule has 1 aromatic carbocycles. The van der Waals surface area contributed by atoms with Crippen LogP contribution in [0.2, 0.25) is 0 Å². The summed E-state index contributed by atoms with van der Waals surface area (Å²) in [7, 11) is 0. The molecule has 0 bridgehead atoms. The van der Waals surface area contributed by atoms with E-state index >= 15 is 0 Å². The summed E-state index contributed by atoms with van der Waals surface area (Å²) >= 11 is 0. The van der Waals surface area contributed by atoms with Crippen molar-refractivity contribution in [1.29, 1.82) is 0 Å². The standard InChI is InChI=1S/C17H22N2O/c1-5-15-17(13(4)20)16(6-2)19(18-15)11-14-10-8-7-9-12(14)3/h7-10H,5-6,11H2,1-4H3. The molecule has 0 spiro atoms. The van der Waals surface area contributed by atoms with Crippen molar-refractivity contribution in [2.45, 2.75) is 47.1 Å². The van der Waals surface area contributed by atoms with Crippen LogP contribution in [0.1, 0.15) is 53.6 Å². The Morgan fingerprint density at radius 2 is 1.90 bits per heavy atom. The Labute approximate surface area is 120 Å². The van der Waals surface area contributed by atoms with E-state index in [-0.39, 0.29) is 5.78 Å². The van der Waals surface area contributed by atoms with Gasteiger partial charge in [0, 0.05) is 5.69 Å². The number of aryl methyl sites for hydroxylation is 2. The van der Waals surface area contributed by atoms with Crippen LogP contribution in [0.25, 0.3) is 0 Å². The smallest absolute Gasteiger partial charge is 0.163 e. The fraction of sp³-hybridized carbons (Fsp3) is 0.412. The molecule has 1 aromatic heterocycles. The summed E-state index contributed by atoms with van der Waals surface area (Å²) in [6, 6.07) is 8.32. The molecule has 1 heterocycles. The van der Waals surface area contributed by atoms with Gasteiger partial charge in [0.05, 0.1) is 17.8 Å². The lowest BCUT2D eigenvalue weighted by molar-refractivity contribution is 0.101. The van der Waals surface area contributed by atoms with Gasteiger partial charge in [-0.25, -0.2) is 0 Å². The fourth-order valence-corrected chi connectivity index (χ4v) is 2.64. The molecular formula is C17H22N2O.